The Balaban J connectivity index is 2.46. The van der Waals surface area contributed by atoms with Gasteiger partial charge in [0.2, 0.25) is 0 Å². The van der Waals surface area contributed by atoms with Crippen LogP contribution in [0.1, 0.15) is 16.1 Å². The maximum absolute atomic E-state index is 13.7. The molecule has 1 amide bonds. The quantitative estimate of drug-likeness (QED) is 0.770. The Morgan fingerprint density at radius 1 is 1.44 bits per heavy atom. The molecule has 3 N–H and O–H groups in total. The van der Waals surface area contributed by atoms with E-state index < -0.39 is 24.2 Å². The van der Waals surface area contributed by atoms with Crippen molar-refractivity contribution < 1.29 is 19.1 Å². The largest absolute Gasteiger partial charge is 0.480 e. The van der Waals surface area contributed by atoms with Crippen molar-refractivity contribution in [2.75, 3.05) is 6.54 Å². The number of fused-ring (bicyclic) bond motifs is 1. The van der Waals surface area contributed by atoms with E-state index in [1.165, 1.54) is 12.1 Å². The highest BCUT2D eigenvalue weighted by Gasteiger charge is 2.19. The van der Waals surface area contributed by atoms with E-state index in [0.29, 0.717) is 11.2 Å². The van der Waals surface area contributed by atoms with Gasteiger partial charge in [-0.25, -0.2) is 4.39 Å². The molecule has 0 saturated carbocycles. The summed E-state index contributed by atoms with van der Waals surface area (Å²) in [5, 5.41) is 10.9. The fourth-order valence-corrected chi connectivity index (χ4v) is 1.86. The predicted molar refractivity (Wildman–Crippen MR) is 63.0 cm³/mol. The SMILES string of the molecule is Cc1[nH]c2cccc(F)c2c1C(=O)NCC(=O)O. The number of carboxylic acid groups (broad SMARTS) is 1. The van der Waals surface area contributed by atoms with E-state index in [-0.39, 0.29) is 10.9 Å². The number of aliphatic carboxylic acids is 1. The van der Waals surface area contributed by atoms with Crippen LogP contribution >= 0.6 is 0 Å². The molecule has 6 heteroatoms. The van der Waals surface area contributed by atoms with Gasteiger partial charge in [0, 0.05) is 16.6 Å². The van der Waals surface area contributed by atoms with Crippen molar-refractivity contribution in [3.8, 4) is 0 Å². The van der Waals surface area contributed by atoms with Gasteiger partial charge in [-0.05, 0) is 19.1 Å². The molecule has 0 aliphatic rings. The van der Waals surface area contributed by atoms with Crippen LogP contribution in [0.2, 0.25) is 0 Å². The number of carbonyl (C=O) groups excluding carboxylic acids is 1. The van der Waals surface area contributed by atoms with Gasteiger partial charge in [0.05, 0.1) is 5.56 Å². The van der Waals surface area contributed by atoms with Gasteiger partial charge in [-0.1, -0.05) is 6.07 Å². The lowest BCUT2D eigenvalue weighted by Gasteiger charge is -2.02. The van der Waals surface area contributed by atoms with E-state index in [0.717, 1.165) is 0 Å². The third-order valence-corrected chi connectivity index (χ3v) is 2.59. The van der Waals surface area contributed by atoms with Crippen molar-refractivity contribution in [1.82, 2.24) is 10.3 Å². The minimum atomic E-state index is -1.15. The average Bonchev–Trinajstić information content (AvgIpc) is 2.63. The number of amides is 1. The molecule has 1 heterocycles. The zero-order valence-corrected chi connectivity index (χ0v) is 9.58. The third kappa shape index (κ3) is 2.04. The summed E-state index contributed by atoms with van der Waals surface area (Å²) in [5.41, 5.74) is 1.15. The summed E-state index contributed by atoms with van der Waals surface area (Å²) in [6.45, 7) is 1.13. The van der Waals surface area contributed by atoms with Crippen LogP contribution in [0.15, 0.2) is 18.2 Å². The summed E-state index contributed by atoms with van der Waals surface area (Å²) >= 11 is 0. The second-order valence-corrected chi connectivity index (χ2v) is 3.86. The maximum atomic E-state index is 13.7. The lowest BCUT2D eigenvalue weighted by atomic mass is 10.1. The van der Waals surface area contributed by atoms with Crippen LogP contribution in [0.3, 0.4) is 0 Å². The first kappa shape index (κ1) is 12.1. The van der Waals surface area contributed by atoms with Gasteiger partial charge in [0.25, 0.3) is 5.91 Å². The Bertz CT molecular complexity index is 634. The molecule has 94 valence electrons. The number of rotatable bonds is 3. The maximum Gasteiger partial charge on any atom is 0.322 e. The minimum absolute atomic E-state index is 0.143. The second-order valence-electron chi connectivity index (χ2n) is 3.86. The topological polar surface area (TPSA) is 82.2 Å². The Morgan fingerprint density at radius 3 is 2.83 bits per heavy atom. The fraction of sp³-hybridized carbons (Fsp3) is 0.167. The van der Waals surface area contributed by atoms with Crippen LogP contribution in [0, 0.1) is 12.7 Å². The number of H-pyrrole nitrogens is 1. The molecule has 1 aromatic heterocycles. The van der Waals surface area contributed by atoms with E-state index in [2.05, 4.69) is 10.3 Å². The van der Waals surface area contributed by atoms with Crippen LogP contribution in [0.25, 0.3) is 10.9 Å². The molecule has 5 nitrogen and oxygen atoms in total. The first-order valence-corrected chi connectivity index (χ1v) is 5.27. The molecule has 0 bridgehead atoms. The molecule has 0 fully saturated rings. The number of carboxylic acids is 1. The van der Waals surface area contributed by atoms with Gasteiger partial charge in [0.15, 0.2) is 0 Å². The molecule has 1 aromatic carbocycles. The molecular weight excluding hydrogens is 239 g/mol. The second kappa shape index (κ2) is 4.48. The molecule has 2 aromatic rings. The number of halogens is 1. The molecule has 0 aliphatic heterocycles. The van der Waals surface area contributed by atoms with Crippen molar-refractivity contribution in [3.63, 3.8) is 0 Å². The predicted octanol–water partition coefficient (Wildman–Crippen LogP) is 1.43. The molecule has 0 saturated heterocycles. The lowest BCUT2D eigenvalue weighted by Crippen LogP contribution is -2.29. The van der Waals surface area contributed by atoms with Gasteiger partial charge in [-0.3, -0.25) is 9.59 Å². The first-order chi connectivity index (χ1) is 8.50. The molecule has 18 heavy (non-hydrogen) atoms. The smallest absolute Gasteiger partial charge is 0.322 e. The molecule has 0 unspecified atom stereocenters. The van der Waals surface area contributed by atoms with Gasteiger partial charge < -0.3 is 15.4 Å². The lowest BCUT2D eigenvalue weighted by molar-refractivity contribution is -0.135. The number of nitrogens with one attached hydrogen (secondary N) is 2. The summed E-state index contributed by atoms with van der Waals surface area (Å²) < 4.78 is 13.7. The zero-order chi connectivity index (χ0) is 13.3. The van der Waals surface area contributed by atoms with Gasteiger partial charge >= 0.3 is 5.97 Å². The Hall–Kier alpha value is -2.37. The van der Waals surface area contributed by atoms with E-state index in [4.69, 9.17) is 5.11 Å². The number of aromatic amines is 1. The summed E-state index contributed by atoms with van der Waals surface area (Å²) in [5.74, 6) is -2.27. The van der Waals surface area contributed by atoms with E-state index >= 15 is 0 Å². The highest BCUT2D eigenvalue weighted by atomic mass is 19.1. The molecule has 0 radical (unpaired) electrons. The number of hydrogen-bond donors (Lipinski definition) is 3. The Morgan fingerprint density at radius 2 is 2.17 bits per heavy atom. The molecule has 2 rings (SSSR count). The normalized spacial score (nSPS) is 10.6. The van der Waals surface area contributed by atoms with E-state index in [1.54, 1.807) is 13.0 Å². The molecular formula is C12H11FN2O3. The van der Waals surface area contributed by atoms with Crippen molar-refractivity contribution in [2.24, 2.45) is 0 Å². The van der Waals surface area contributed by atoms with Crippen molar-refractivity contribution >= 4 is 22.8 Å². The molecule has 0 aliphatic carbocycles. The van der Waals surface area contributed by atoms with Crippen molar-refractivity contribution in [2.45, 2.75) is 6.92 Å². The van der Waals surface area contributed by atoms with Crippen LogP contribution in [-0.2, 0) is 4.79 Å². The number of aryl methyl sites for hydroxylation is 1. The summed E-state index contributed by atoms with van der Waals surface area (Å²) in [7, 11) is 0. The minimum Gasteiger partial charge on any atom is -0.480 e. The average molecular weight is 250 g/mol. The Labute approximate surface area is 102 Å². The number of aromatic nitrogens is 1. The monoisotopic (exact) mass is 250 g/mol. The van der Waals surface area contributed by atoms with E-state index in [1.807, 2.05) is 0 Å². The van der Waals surface area contributed by atoms with Crippen LogP contribution in [-0.4, -0.2) is 28.5 Å². The summed E-state index contributed by atoms with van der Waals surface area (Å²) in [6, 6.07) is 4.44. The van der Waals surface area contributed by atoms with E-state index in [9.17, 15) is 14.0 Å². The standard InChI is InChI=1S/C12H11FN2O3/c1-6-10(12(18)14-5-9(16)17)11-7(13)3-2-4-8(11)15-6/h2-4,15H,5H2,1H3,(H,14,18)(H,16,17). The number of benzene rings is 1. The number of hydrogen-bond acceptors (Lipinski definition) is 2. The van der Waals surface area contributed by atoms with Crippen LogP contribution in [0.4, 0.5) is 4.39 Å². The van der Waals surface area contributed by atoms with Crippen LogP contribution < -0.4 is 5.32 Å². The first-order valence-electron chi connectivity index (χ1n) is 5.27. The van der Waals surface area contributed by atoms with Gasteiger partial charge in [-0.2, -0.15) is 0 Å². The molecule has 0 spiro atoms. The van der Waals surface area contributed by atoms with Crippen molar-refractivity contribution in [3.05, 3.63) is 35.3 Å². The van der Waals surface area contributed by atoms with Gasteiger partial charge in [0.1, 0.15) is 12.4 Å². The number of carbonyl (C=O) groups is 2. The third-order valence-electron chi connectivity index (χ3n) is 2.59. The fourth-order valence-electron chi connectivity index (χ4n) is 1.86. The highest BCUT2D eigenvalue weighted by Crippen LogP contribution is 2.24. The zero-order valence-electron chi connectivity index (χ0n) is 9.58. The Kier molecular flexibility index (Phi) is 3.01. The summed E-state index contributed by atoms with van der Waals surface area (Å²) in [6.07, 6.45) is 0. The van der Waals surface area contributed by atoms with Crippen LogP contribution in [0.5, 0.6) is 0 Å². The van der Waals surface area contributed by atoms with Crippen molar-refractivity contribution in [1.29, 1.82) is 0 Å². The van der Waals surface area contributed by atoms with Gasteiger partial charge in [-0.15, -0.1) is 0 Å². The highest BCUT2D eigenvalue weighted by molar-refractivity contribution is 6.08. The molecule has 0 atom stereocenters. The summed E-state index contributed by atoms with van der Waals surface area (Å²) in [4.78, 5) is 25.1.